The van der Waals surface area contributed by atoms with Gasteiger partial charge < -0.3 is 0 Å². The first-order valence-electron chi connectivity index (χ1n) is 7.35. The highest BCUT2D eigenvalue weighted by atomic mass is 16.1. The molecule has 2 aromatic rings. The number of hydrogen-bond acceptors (Lipinski definition) is 1. The van der Waals surface area contributed by atoms with Crippen molar-refractivity contribution in [2.45, 2.75) is 33.1 Å². The fourth-order valence-corrected chi connectivity index (χ4v) is 2.22. The van der Waals surface area contributed by atoms with E-state index >= 15 is 0 Å². The maximum absolute atomic E-state index is 12.1. The van der Waals surface area contributed by atoms with Crippen LogP contribution in [0.2, 0.25) is 0 Å². The lowest BCUT2D eigenvalue weighted by Gasteiger charge is -2.08. The minimum Gasteiger partial charge on any atom is -0.294 e. The molecule has 0 aliphatic heterocycles. The molecule has 0 N–H and O–H groups in total. The Morgan fingerprint density at radius 3 is 2.15 bits per heavy atom. The maximum Gasteiger partial charge on any atom is 0.163 e. The summed E-state index contributed by atoms with van der Waals surface area (Å²) in [6.07, 6.45) is 2.62. The Morgan fingerprint density at radius 1 is 0.950 bits per heavy atom. The number of rotatable bonds is 6. The summed E-state index contributed by atoms with van der Waals surface area (Å²) in [6.45, 7) is 4.25. The van der Waals surface area contributed by atoms with Crippen molar-refractivity contribution in [2.75, 3.05) is 0 Å². The van der Waals surface area contributed by atoms with Crippen LogP contribution in [-0.4, -0.2) is 5.78 Å². The van der Waals surface area contributed by atoms with Crippen LogP contribution in [0.1, 0.15) is 48.2 Å². The molecule has 2 rings (SSSR count). The van der Waals surface area contributed by atoms with Crippen LogP contribution >= 0.6 is 0 Å². The Labute approximate surface area is 121 Å². The average molecular weight is 266 g/mol. The molecule has 0 heterocycles. The molecule has 0 aromatic heterocycles. The van der Waals surface area contributed by atoms with Crippen LogP contribution in [0, 0.1) is 5.92 Å². The smallest absolute Gasteiger partial charge is 0.163 e. The van der Waals surface area contributed by atoms with Gasteiger partial charge in [-0.15, -0.1) is 0 Å². The van der Waals surface area contributed by atoms with Gasteiger partial charge in [0.1, 0.15) is 0 Å². The van der Waals surface area contributed by atoms with E-state index in [9.17, 15) is 4.79 Å². The standard InChI is InChI=1S/C19H22O/c1-3-15(2)13-19(20)18-11-9-17(10-12-18)14-16-7-5-4-6-8-16/h4-12,15H,3,13-14H2,1-2H3. The van der Waals surface area contributed by atoms with Crippen LogP contribution in [0.25, 0.3) is 0 Å². The summed E-state index contributed by atoms with van der Waals surface area (Å²) >= 11 is 0. The van der Waals surface area contributed by atoms with E-state index in [4.69, 9.17) is 0 Å². The van der Waals surface area contributed by atoms with Gasteiger partial charge in [0.25, 0.3) is 0 Å². The van der Waals surface area contributed by atoms with Crippen LogP contribution in [0.4, 0.5) is 0 Å². The highest BCUT2D eigenvalue weighted by molar-refractivity contribution is 5.96. The lowest BCUT2D eigenvalue weighted by Crippen LogP contribution is -2.05. The van der Waals surface area contributed by atoms with Gasteiger partial charge >= 0.3 is 0 Å². The van der Waals surface area contributed by atoms with Gasteiger partial charge in [0, 0.05) is 12.0 Å². The lowest BCUT2D eigenvalue weighted by molar-refractivity contribution is 0.0963. The quantitative estimate of drug-likeness (QED) is 0.680. The van der Waals surface area contributed by atoms with Gasteiger partial charge in [-0.2, -0.15) is 0 Å². The first-order valence-corrected chi connectivity index (χ1v) is 7.35. The molecule has 1 atom stereocenters. The van der Waals surface area contributed by atoms with Gasteiger partial charge in [-0.05, 0) is 23.5 Å². The molecule has 0 bridgehead atoms. The number of carbonyl (C=O) groups excluding carboxylic acids is 1. The van der Waals surface area contributed by atoms with Crippen molar-refractivity contribution in [3.63, 3.8) is 0 Å². The SMILES string of the molecule is CCC(C)CC(=O)c1ccc(Cc2ccccc2)cc1. The Balaban J connectivity index is 2.01. The molecule has 104 valence electrons. The molecule has 0 radical (unpaired) electrons. The number of benzene rings is 2. The summed E-state index contributed by atoms with van der Waals surface area (Å²) in [7, 11) is 0. The number of Topliss-reactive ketones (excluding diaryl/α,β-unsaturated/α-hetero) is 1. The van der Waals surface area contributed by atoms with E-state index in [0.717, 1.165) is 18.4 Å². The number of ketones is 1. The topological polar surface area (TPSA) is 17.1 Å². The Bertz CT molecular complexity index is 540. The van der Waals surface area contributed by atoms with Crippen LogP contribution in [0.15, 0.2) is 54.6 Å². The maximum atomic E-state index is 12.1. The number of hydrogen-bond donors (Lipinski definition) is 0. The van der Waals surface area contributed by atoms with Crippen LogP contribution in [-0.2, 0) is 6.42 Å². The highest BCUT2D eigenvalue weighted by Gasteiger charge is 2.09. The summed E-state index contributed by atoms with van der Waals surface area (Å²) < 4.78 is 0. The second-order valence-electron chi connectivity index (χ2n) is 5.50. The van der Waals surface area contributed by atoms with Gasteiger partial charge in [-0.25, -0.2) is 0 Å². The Morgan fingerprint density at radius 2 is 1.55 bits per heavy atom. The molecule has 1 heteroatoms. The molecule has 1 nitrogen and oxygen atoms in total. The highest BCUT2D eigenvalue weighted by Crippen LogP contribution is 2.15. The molecular weight excluding hydrogens is 244 g/mol. The normalized spacial score (nSPS) is 12.1. The zero-order valence-electron chi connectivity index (χ0n) is 12.3. The van der Waals surface area contributed by atoms with E-state index in [0.29, 0.717) is 12.3 Å². The molecular formula is C19H22O. The van der Waals surface area contributed by atoms with Crippen molar-refractivity contribution in [1.29, 1.82) is 0 Å². The third-order valence-corrected chi connectivity index (χ3v) is 3.76. The van der Waals surface area contributed by atoms with Gasteiger partial charge in [0.05, 0.1) is 0 Å². The Kier molecular flexibility index (Phi) is 5.11. The van der Waals surface area contributed by atoms with Crippen LogP contribution < -0.4 is 0 Å². The molecule has 0 saturated carbocycles. The molecule has 20 heavy (non-hydrogen) atoms. The van der Waals surface area contributed by atoms with E-state index in [1.165, 1.54) is 11.1 Å². The van der Waals surface area contributed by atoms with E-state index in [-0.39, 0.29) is 5.78 Å². The van der Waals surface area contributed by atoms with Gasteiger partial charge in [0.2, 0.25) is 0 Å². The Hall–Kier alpha value is -1.89. The van der Waals surface area contributed by atoms with Crippen molar-refractivity contribution in [1.82, 2.24) is 0 Å². The summed E-state index contributed by atoms with van der Waals surface area (Å²) in [4.78, 5) is 12.1. The predicted molar refractivity (Wildman–Crippen MR) is 84.1 cm³/mol. The first kappa shape index (κ1) is 14.5. The van der Waals surface area contributed by atoms with Crippen LogP contribution in [0.5, 0.6) is 0 Å². The fourth-order valence-electron chi connectivity index (χ4n) is 2.22. The van der Waals surface area contributed by atoms with E-state index < -0.39 is 0 Å². The molecule has 0 aliphatic rings. The summed E-state index contributed by atoms with van der Waals surface area (Å²) in [5.74, 6) is 0.720. The lowest BCUT2D eigenvalue weighted by atomic mass is 9.96. The van der Waals surface area contributed by atoms with Crippen molar-refractivity contribution < 1.29 is 4.79 Å². The molecule has 0 amide bonds. The van der Waals surface area contributed by atoms with Crippen molar-refractivity contribution in [2.24, 2.45) is 5.92 Å². The third-order valence-electron chi connectivity index (χ3n) is 3.76. The molecule has 2 aromatic carbocycles. The molecule has 0 fully saturated rings. The second kappa shape index (κ2) is 7.04. The zero-order valence-corrected chi connectivity index (χ0v) is 12.3. The van der Waals surface area contributed by atoms with Gasteiger partial charge in [-0.1, -0.05) is 74.9 Å². The molecule has 0 saturated heterocycles. The predicted octanol–water partition coefficient (Wildman–Crippen LogP) is 4.90. The van der Waals surface area contributed by atoms with Crippen molar-refractivity contribution >= 4 is 5.78 Å². The van der Waals surface area contributed by atoms with Crippen molar-refractivity contribution in [3.05, 3.63) is 71.3 Å². The first-order chi connectivity index (χ1) is 9.69. The number of carbonyl (C=O) groups is 1. The van der Waals surface area contributed by atoms with E-state index in [1.807, 2.05) is 18.2 Å². The van der Waals surface area contributed by atoms with E-state index in [1.54, 1.807) is 0 Å². The fraction of sp³-hybridized carbons (Fsp3) is 0.316. The summed E-state index contributed by atoms with van der Waals surface area (Å²) in [6, 6.07) is 18.4. The summed E-state index contributed by atoms with van der Waals surface area (Å²) in [5.41, 5.74) is 3.38. The molecule has 0 spiro atoms. The largest absolute Gasteiger partial charge is 0.294 e. The van der Waals surface area contributed by atoms with E-state index in [2.05, 4.69) is 50.2 Å². The second-order valence-corrected chi connectivity index (χ2v) is 5.50. The third kappa shape index (κ3) is 4.06. The molecule has 1 unspecified atom stereocenters. The zero-order chi connectivity index (χ0) is 14.4. The van der Waals surface area contributed by atoms with Gasteiger partial charge in [0.15, 0.2) is 5.78 Å². The minimum atomic E-state index is 0.255. The monoisotopic (exact) mass is 266 g/mol. The minimum absolute atomic E-state index is 0.255. The van der Waals surface area contributed by atoms with Crippen LogP contribution in [0.3, 0.4) is 0 Å². The van der Waals surface area contributed by atoms with Crippen molar-refractivity contribution in [3.8, 4) is 0 Å². The van der Waals surface area contributed by atoms with Gasteiger partial charge in [-0.3, -0.25) is 4.79 Å². The molecule has 0 aliphatic carbocycles. The summed E-state index contributed by atoms with van der Waals surface area (Å²) in [5, 5.41) is 0. The average Bonchev–Trinajstić information content (AvgIpc) is 2.49.